The fourth-order valence-corrected chi connectivity index (χ4v) is 5.20. The molecule has 4 nitrogen and oxygen atoms in total. The second kappa shape index (κ2) is 5.73. The third-order valence-electron chi connectivity index (χ3n) is 3.50. The van der Waals surface area contributed by atoms with Crippen molar-refractivity contribution in [3.8, 4) is 0 Å². The topological polar surface area (TPSA) is 72.2 Å². The minimum atomic E-state index is -3.47. The van der Waals surface area contributed by atoms with Gasteiger partial charge in [0.25, 0.3) is 0 Å². The highest BCUT2D eigenvalue weighted by atomic mass is 32.2. The van der Waals surface area contributed by atoms with Crippen molar-refractivity contribution >= 4 is 27.5 Å². The molecule has 1 saturated heterocycles. The molecule has 3 N–H and O–H groups in total. The number of aryl methyl sites for hydroxylation is 1. The molecule has 1 heterocycles. The maximum Gasteiger partial charge on any atom is 0.241 e. The van der Waals surface area contributed by atoms with Crippen LogP contribution in [0.4, 0.5) is 5.69 Å². The van der Waals surface area contributed by atoms with E-state index in [1.807, 2.05) is 11.8 Å². The summed E-state index contributed by atoms with van der Waals surface area (Å²) in [6, 6.07) is 3.50. The number of sulfonamides is 1. The zero-order valence-corrected chi connectivity index (χ0v) is 12.9. The van der Waals surface area contributed by atoms with E-state index in [1.165, 1.54) is 0 Å². The molecule has 0 aliphatic carbocycles. The molecule has 2 rings (SSSR count). The van der Waals surface area contributed by atoms with Crippen molar-refractivity contribution in [3.63, 3.8) is 0 Å². The molecule has 1 atom stereocenters. The SMILES string of the molecule is Cc1ccc(N)c(C)c1S(=O)(=O)NCC1CCSC1. The van der Waals surface area contributed by atoms with Crippen LogP contribution in [0, 0.1) is 19.8 Å². The number of anilines is 1. The molecule has 0 aromatic heterocycles. The van der Waals surface area contributed by atoms with Crippen LogP contribution in [0.15, 0.2) is 17.0 Å². The molecule has 1 unspecified atom stereocenters. The minimum absolute atomic E-state index is 0.332. The summed E-state index contributed by atoms with van der Waals surface area (Å²) in [5, 5.41) is 0. The number of nitrogens with one attached hydrogen (secondary N) is 1. The molecule has 19 heavy (non-hydrogen) atoms. The molecule has 1 aliphatic heterocycles. The molecule has 0 radical (unpaired) electrons. The van der Waals surface area contributed by atoms with Crippen LogP contribution in [0.3, 0.4) is 0 Å². The van der Waals surface area contributed by atoms with Crippen molar-refractivity contribution in [3.05, 3.63) is 23.3 Å². The highest BCUT2D eigenvalue weighted by molar-refractivity contribution is 7.99. The standard InChI is InChI=1S/C13H20N2O2S2/c1-9-3-4-12(14)10(2)13(9)19(16,17)15-7-11-5-6-18-8-11/h3-4,11,15H,5-8,14H2,1-2H3. The van der Waals surface area contributed by atoms with Crippen LogP contribution in [0.5, 0.6) is 0 Å². The first-order valence-corrected chi connectivity index (χ1v) is 8.98. The van der Waals surface area contributed by atoms with Crippen LogP contribution < -0.4 is 10.5 Å². The second-order valence-corrected chi connectivity index (χ2v) is 7.86. The maximum absolute atomic E-state index is 12.4. The Balaban J connectivity index is 2.21. The van der Waals surface area contributed by atoms with E-state index in [0.29, 0.717) is 28.6 Å². The Morgan fingerprint density at radius 2 is 2.16 bits per heavy atom. The van der Waals surface area contributed by atoms with E-state index >= 15 is 0 Å². The van der Waals surface area contributed by atoms with Gasteiger partial charge in [-0.05, 0) is 54.9 Å². The third-order valence-corrected chi connectivity index (χ3v) is 6.44. The summed E-state index contributed by atoms with van der Waals surface area (Å²) in [6.45, 7) is 4.07. The fraction of sp³-hybridized carbons (Fsp3) is 0.538. The zero-order valence-electron chi connectivity index (χ0n) is 11.3. The Bertz CT molecular complexity index is 564. The molecule has 0 amide bonds. The van der Waals surface area contributed by atoms with Gasteiger partial charge in [-0.2, -0.15) is 11.8 Å². The summed E-state index contributed by atoms with van der Waals surface area (Å²) in [6.07, 6.45) is 1.09. The number of nitrogen functional groups attached to an aromatic ring is 1. The lowest BCUT2D eigenvalue weighted by molar-refractivity contribution is 0.545. The summed E-state index contributed by atoms with van der Waals surface area (Å²) < 4.78 is 27.5. The van der Waals surface area contributed by atoms with E-state index in [0.717, 1.165) is 23.5 Å². The van der Waals surface area contributed by atoms with E-state index < -0.39 is 10.0 Å². The third kappa shape index (κ3) is 3.24. The van der Waals surface area contributed by atoms with Gasteiger partial charge in [-0.1, -0.05) is 6.07 Å². The van der Waals surface area contributed by atoms with Crippen molar-refractivity contribution in [1.29, 1.82) is 0 Å². The average molecular weight is 300 g/mol. The van der Waals surface area contributed by atoms with E-state index in [9.17, 15) is 8.42 Å². The first-order valence-electron chi connectivity index (χ1n) is 6.35. The van der Waals surface area contributed by atoms with Gasteiger partial charge in [0.1, 0.15) is 0 Å². The van der Waals surface area contributed by atoms with Crippen molar-refractivity contribution in [1.82, 2.24) is 4.72 Å². The predicted octanol–water partition coefficient (Wildman–Crippen LogP) is 1.92. The average Bonchev–Trinajstić information content (AvgIpc) is 2.85. The Morgan fingerprint density at radius 3 is 2.79 bits per heavy atom. The van der Waals surface area contributed by atoms with Gasteiger partial charge in [-0.3, -0.25) is 0 Å². The normalized spacial score (nSPS) is 19.8. The molecule has 1 aromatic rings. The summed E-state index contributed by atoms with van der Waals surface area (Å²) in [7, 11) is -3.47. The smallest absolute Gasteiger partial charge is 0.241 e. The van der Waals surface area contributed by atoms with Crippen molar-refractivity contribution < 1.29 is 8.42 Å². The Kier molecular flexibility index (Phi) is 4.43. The molecule has 0 bridgehead atoms. The Labute approximate surface area is 119 Å². The number of hydrogen-bond acceptors (Lipinski definition) is 4. The van der Waals surface area contributed by atoms with Crippen molar-refractivity contribution in [2.75, 3.05) is 23.8 Å². The van der Waals surface area contributed by atoms with Crippen LogP contribution >= 0.6 is 11.8 Å². The van der Waals surface area contributed by atoms with Crippen LogP contribution in [0.2, 0.25) is 0 Å². The van der Waals surface area contributed by atoms with Crippen LogP contribution in [0.1, 0.15) is 17.5 Å². The van der Waals surface area contributed by atoms with Gasteiger partial charge in [0.15, 0.2) is 0 Å². The quantitative estimate of drug-likeness (QED) is 0.833. The number of hydrogen-bond donors (Lipinski definition) is 2. The lowest BCUT2D eigenvalue weighted by Gasteiger charge is -2.15. The van der Waals surface area contributed by atoms with Gasteiger partial charge in [0, 0.05) is 12.2 Å². The zero-order chi connectivity index (χ0) is 14.0. The number of benzene rings is 1. The Morgan fingerprint density at radius 1 is 1.42 bits per heavy atom. The molecular weight excluding hydrogens is 280 g/mol. The largest absolute Gasteiger partial charge is 0.398 e. The summed E-state index contributed by atoms with van der Waals surface area (Å²) in [5.74, 6) is 2.61. The van der Waals surface area contributed by atoms with Gasteiger partial charge in [0.2, 0.25) is 10.0 Å². The van der Waals surface area contributed by atoms with Gasteiger partial charge in [-0.15, -0.1) is 0 Å². The second-order valence-electron chi connectivity index (χ2n) is 5.01. The van der Waals surface area contributed by atoms with Crippen LogP contribution in [0.25, 0.3) is 0 Å². The van der Waals surface area contributed by atoms with Gasteiger partial charge in [-0.25, -0.2) is 13.1 Å². The van der Waals surface area contributed by atoms with Gasteiger partial charge in [0.05, 0.1) is 4.90 Å². The highest BCUT2D eigenvalue weighted by Gasteiger charge is 2.23. The van der Waals surface area contributed by atoms with E-state index in [2.05, 4.69) is 4.72 Å². The lowest BCUT2D eigenvalue weighted by atomic mass is 10.1. The van der Waals surface area contributed by atoms with E-state index in [1.54, 1.807) is 26.0 Å². The van der Waals surface area contributed by atoms with Crippen LogP contribution in [-0.4, -0.2) is 26.5 Å². The molecular formula is C13H20N2O2S2. The predicted molar refractivity (Wildman–Crippen MR) is 80.9 cm³/mol. The lowest BCUT2D eigenvalue weighted by Crippen LogP contribution is -2.30. The first-order chi connectivity index (χ1) is 8.92. The first kappa shape index (κ1) is 14.7. The molecule has 106 valence electrons. The summed E-state index contributed by atoms with van der Waals surface area (Å²) >= 11 is 1.88. The van der Waals surface area contributed by atoms with Crippen LogP contribution in [-0.2, 0) is 10.0 Å². The van der Waals surface area contributed by atoms with E-state index in [4.69, 9.17) is 5.73 Å². The monoisotopic (exact) mass is 300 g/mol. The van der Waals surface area contributed by atoms with Crippen molar-refractivity contribution in [2.24, 2.45) is 5.92 Å². The number of nitrogens with two attached hydrogens (primary N) is 1. The molecule has 1 fully saturated rings. The molecule has 1 aliphatic rings. The fourth-order valence-electron chi connectivity index (χ4n) is 2.30. The summed E-state index contributed by atoms with van der Waals surface area (Å²) in [5.41, 5.74) is 7.69. The molecule has 0 saturated carbocycles. The molecule has 0 spiro atoms. The van der Waals surface area contributed by atoms with Crippen molar-refractivity contribution in [2.45, 2.75) is 25.2 Å². The maximum atomic E-state index is 12.4. The highest BCUT2D eigenvalue weighted by Crippen LogP contribution is 2.26. The molecule has 1 aromatic carbocycles. The summed E-state index contributed by atoms with van der Waals surface area (Å²) in [4.78, 5) is 0.332. The van der Waals surface area contributed by atoms with Gasteiger partial charge < -0.3 is 5.73 Å². The van der Waals surface area contributed by atoms with E-state index in [-0.39, 0.29) is 0 Å². The number of rotatable bonds is 4. The minimum Gasteiger partial charge on any atom is -0.398 e. The van der Waals surface area contributed by atoms with Gasteiger partial charge >= 0.3 is 0 Å². The molecule has 6 heteroatoms. The Hall–Kier alpha value is -0.720. The number of thioether (sulfide) groups is 1.